The molecular formula is C51H38K2N4O7. The number of hydrogen-bond acceptors (Lipinski definition) is 9. The molecule has 0 radical (unpaired) electrons. The Kier molecular flexibility index (Phi) is 17.5. The Morgan fingerprint density at radius 2 is 1.38 bits per heavy atom. The smallest absolute Gasteiger partial charge is 1.00 e. The van der Waals surface area contributed by atoms with Crippen molar-refractivity contribution in [2.45, 2.75) is 46.5 Å². The molecule has 2 aliphatic rings. The summed E-state index contributed by atoms with van der Waals surface area (Å²) >= 11 is 0. The van der Waals surface area contributed by atoms with Crippen molar-refractivity contribution in [3.8, 4) is 35.1 Å². The van der Waals surface area contributed by atoms with Gasteiger partial charge >= 0.3 is 103 Å². The van der Waals surface area contributed by atoms with Crippen LogP contribution in [0.15, 0.2) is 125 Å². The predicted octanol–water partition coefficient (Wildman–Crippen LogP) is 3.37. The molecule has 0 bridgehead atoms. The maximum Gasteiger partial charge on any atom is 1.00 e. The molecule has 0 fully saturated rings. The first-order chi connectivity index (χ1) is 30.1. The third-order valence-electron chi connectivity index (χ3n) is 10.9. The minimum Gasteiger partial charge on any atom is -1.00 e. The van der Waals surface area contributed by atoms with Gasteiger partial charge in [-0.2, -0.15) is 5.26 Å². The number of rotatable bonds is 9. The van der Waals surface area contributed by atoms with E-state index in [0.717, 1.165) is 62.8 Å². The van der Waals surface area contributed by atoms with Gasteiger partial charge in [0.25, 0.3) is 18.1 Å². The molecule has 9 rings (SSSR count). The van der Waals surface area contributed by atoms with E-state index in [1.807, 2.05) is 78.9 Å². The first-order valence-corrected chi connectivity index (χ1v) is 19.8. The quantitative estimate of drug-likeness (QED) is 0.0695. The molecule has 306 valence electrons. The second kappa shape index (κ2) is 22.3. The van der Waals surface area contributed by atoms with Crippen molar-refractivity contribution in [3.63, 3.8) is 0 Å². The number of ether oxygens (including phenoxy) is 2. The molecule has 1 unspecified atom stereocenters. The van der Waals surface area contributed by atoms with Crippen molar-refractivity contribution in [2.24, 2.45) is 10.9 Å². The van der Waals surface area contributed by atoms with Crippen LogP contribution in [0.1, 0.15) is 63.7 Å². The third-order valence-corrected chi connectivity index (χ3v) is 10.9. The van der Waals surface area contributed by atoms with Crippen LogP contribution in [-0.4, -0.2) is 18.1 Å². The minimum atomic E-state index is -0.457. The van der Waals surface area contributed by atoms with Gasteiger partial charge in [-0.05, 0) is 95.3 Å². The van der Waals surface area contributed by atoms with Crippen LogP contribution in [0.5, 0.6) is 23.0 Å². The zero-order valence-corrected chi connectivity index (χ0v) is 42.4. The van der Waals surface area contributed by atoms with E-state index in [-0.39, 0.29) is 133 Å². The average Bonchev–Trinajstić information content (AvgIpc) is 3.89. The summed E-state index contributed by atoms with van der Waals surface area (Å²) < 4.78 is 12.3. The second-order valence-corrected chi connectivity index (χ2v) is 15.1. The van der Waals surface area contributed by atoms with Crippen molar-refractivity contribution in [2.75, 3.05) is 0 Å². The molecule has 0 N–H and O–H groups in total. The van der Waals surface area contributed by atoms with Crippen LogP contribution in [0.2, 0.25) is 0 Å². The number of amides is 1. The summed E-state index contributed by atoms with van der Waals surface area (Å²) in [5.74, 6) is 3.53. The first kappa shape index (κ1) is 50.1. The van der Waals surface area contributed by atoms with E-state index in [1.165, 1.54) is 11.1 Å². The van der Waals surface area contributed by atoms with Gasteiger partial charge in [-0.1, -0.05) is 88.4 Å². The van der Waals surface area contributed by atoms with Gasteiger partial charge in [0.2, 0.25) is 0 Å². The fourth-order valence-electron chi connectivity index (χ4n) is 7.89. The van der Waals surface area contributed by atoms with Crippen molar-refractivity contribution in [3.05, 3.63) is 164 Å². The molecule has 11 nitrogen and oxygen atoms in total. The van der Waals surface area contributed by atoms with Crippen LogP contribution in [0, 0.1) is 35.2 Å². The van der Waals surface area contributed by atoms with Crippen LogP contribution in [0.3, 0.4) is 0 Å². The molecule has 1 amide bonds. The van der Waals surface area contributed by atoms with Crippen molar-refractivity contribution >= 4 is 61.7 Å². The van der Waals surface area contributed by atoms with Gasteiger partial charge in [-0.25, -0.2) is 15.1 Å². The van der Waals surface area contributed by atoms with E-state index < -0.39 is 5.91 Å². The second-order valence-electron chi connectivity index (χ2n) is 15.1. The summed E-state index contributed by atoms with van der Waals surface area (Å²) in [7, 11) is 0. The fourth-order valence-corrected chi connectivity index (χ4v) is 7.89. The zero-order valence-electron chi connectivity index (χ0n) is 37.2. The fraction of sp³-hybridized carbons (Fsp3) is 0.157. The molecule has 7 aromatic carbocycles. The summed E-state index contributed by atoms with van der Waals surface area (Å²) in [6.07, 6.45) is 2.12. The molecular weight excluding hydrogens is 859 g/mol. The third kappa shape index (κ3) is 9.99. The molecule has 0 saturated heterocycles. The number of aliphatic imine (C=N–C) groups is 1. The van der Waals surface area contributed by atoms with Gasteiger partial charge in [-0.3, -0.25) is 14.4 Å². The Morgan fingerprint density at radius 3 is 1.94 bits per heavy atom. The number of allylic oxidation sites excluding steroid dienone is 1. The summed E-state index contributed by atoms with van der Waals surface area (Å²) in [4.78, 5) is 43.5. The number of carbonyl (C=O) groups excluding carboxylic acids is 2. The van der Waals surface area contributed by atoms with E-state index in [9.17, 15) is 20.1 Å². The monoisotopic (exact) mass is 896 g/mol. The van der Waals surface area contributed by atoms with E-state index in [2.05, 4.69) is 66.7 Å². The molecule has 1 heterocycles. The standard InChI is InChI=1S/2C25H18N2O2.CH2O3.2K.H/c1-14(2)12-15-6-8-16(9-7-15)29-21-11-10-19-22-17(21)4-3-5-18(22)23-20(13-26)25(28)27-24(19)23;1-4-15(2)16-8-10-17(11-9-16)29-22-13-12-20-23-18(22)6-5-7-19(23)24(25(20)28)21(14-26)27-3;2-1-4-3;;;/h3-11,14H,12H2,1-2H3;5-13,15H,4H2,1-2H3;1,3H;;;/q;;;2*+1;-1/p-1/b;24-21-;;;;. The topological polar surface area (TPSA) is 166 Å². The summed E-state index contributed by atoms with van der Waals surface area (Å²) in [6, 6.07) is 38.8. The number of carbonyl (C=O) groups is 2. The molecule has 1 atom stereocenters. The summed E-state index contributed by atoms with van der Waals surface area (Å²) in [5.41, 5.74) is 5.21. The number of nitrogens with zero attached hydrogens (tertiary/aromatic N) is 4. The van der Waals surface area contributed by atoms with Gasteiger partial charge in [0.1, 0.15) is 34.6 Å². The van der Waals surface area contributed by atoms with E-state index in [4.69, 9.17) is 26.1 Å². The molecule has 0 saturated carbocycles. The Hall–Kier alpha value is -4.90. The zero-order chi connectivity index (χ0) is 44.1. The first-order valence-electron chi connectivity index (χ1n) is 19.8. The molecule has 0 aromatic heterocycles. The Balaban J connectivity index is 0.000000252. The minimum absolute atomic E-state index is 0. The van der Waals surface area contributed by atoms with Crippen LogP contribution in [0.25, 0.3) is 48.4 Å². The molecule has 0 spiro atoms. The number of hydrogen-bond donors (Lipinski definition) is 0. The van der Waals surface area contributed by atoms with E-state index in [0.29, 0.717) is 39.6 Å². The Bertz CT molecular complexity index is 3210. The Morgan fingerprint density at radius 1 is 0.797 bits per heavy atom. The van der Waals surface area contributed by atoms with Gasteiger partial charge in [0.05, 0.1) is 18.4 Å². The van der Waals surface area contributed by atoms with Crippen LogP contribution in [0.4, 0.5) is 0 Å². The maximum atomic E-state index is 12.8. The maximum absolute atomic E-state index is 12.8. The van der Waals surface area contributed by atoms with Crippen LogP contribution >= 0.6 is 0 Å². The number of nitriles is 2. The summed E-state index contributed by atoms with van der Waals surface area (Å²) in [6.45, 7) is 15.8. The normalized spacial score (nSPS) is 12.8. The molecule has 1 aliphatic heterocycles. The number of benzene rings is 6. The SMILES string of the molecule is CC(C)Cc1ccc(Oc2ccc3c4c(cccc24)C2=C(C#N)C(=O)N=C23)cc1.O=CO[O-].[C-]#[N+]/C(C#N)=c1\c(=O)c2ccc(Oc3ccc(C(C)CC)cc3)c3cccc1c32.[H-].[K+].[K+]. The Labute approximate surface area is 456 Å². The van der Waals surface area contributed by atoms with Crippen molar-refractivity contribution < 1.29 is 133 Å². The van der Waals surface area contributed by atoms with Gasteiger partial charge < -0.3 is 21.0 Å². The number of fused-ring (bicyclic) bond motifs is 3. The predicted molar refractivity (Wildman–Crippen MR) is 236 cm³/mol. The average molecular weight is 897 g/mol. The molecule has 7 aromatic rings. The molecule has 13 heteroatoms. The van der Waals surface area contributed by atoms with E-state index >= 15 is 0 Å². The van der Waals surface area contributed by atoms with Crippen LogP contribution in [-0.2, 0) is 20.9 Å². The van der Waals surface area contributed by atoms with Crippen LogP contribution < -0.4 is 128 Å². The van der Waals surface area contributed by atoms with E-state index in [1.54, 1.807) is 18.2 Å². The van der Waals surface area contributed by atoms with Crippen molar-refractivity contribution in [1.82, 2.24) is 0 Å². The summed E-state index contributed by atoms with van der Waals surface area (Å²) in [5, 5.41) is 31.9. The van der Waals surface area contributed by atoms with Crippen molar-refractivity contribution in [1.29, 1.82) is 10.5 Å². The van der Waals surface area contributed by atoms with Gasteiger partial charge in [0, 0.05) is 43.3 Å². The van der Waals surface area contributed by atoms with Gasteiger partial charge in [0.15, 0.2) is 5.43 Å². The molecule has 64 heavy (non-hydrogen) atoms. The van der Waals surface area contributed by atoms with Gasteiger partial charge in [-0.15, -0.1) is 0 Å². The molecule has 1 aliphatic carbocycles. The largest absolute Gasteiger partial charge is 1.00 e.